The first-order valence-corrected chi connectivity index (χ1v) is 5.93. The highest BCUT2D eigenvalue weighted by molar-refractivity contribution is 5.87. The molecule has 0 unspecified atom stereocenters. The summed E-state index contributed by atoms with van der Waals surface area (Å²) in [6.45, 7) is 3.77. The quantitative estimate of drug-likeness (QED) is 0.881. The van der Waals surface area contributed by atoms with Gasteiger partial charge >= 0.3 is 5.97 Å². The Hall–Kier alpha value is -2.70. The third kappa shape index (κ3) is 3.19. The number of nitrogens with one attached hydrogen (secondary N) is 1. The molecule has 0 aliphatic carbocycles. The van der Waals surface area contributed by atoms with Gasteiger partial charge in [-0.2, -0.15) is 4.98 Å². The molecule has 0 aliphatic rings. The molecule has 104 valence electrons. The van der Waals surface area contributed by atoms with Crippen molar-refractivity contribution in [1.82, 2.24) is 15.0 Å². The summed E-state index contributed by atoms with van der Waals surface area (Å²) < 4.78 is 5.38. The fourth-order valence-corrected chi connectivity index (χ4v) is 1.49. The number of hydrogen-bond donors (Lipinski definition) is 2. The molecule has 0 radical (unpaired) electrons. The Morgan fingerprint density at radius 2 is 2.10 bits per heavy atom. The molecule has 0 fully saturated rings. The number of hydrogen-bond acceptors (Lipinski definition) is 5. The van der Waals surface area contributed by atoms with Gasteiger partial charge in [0.15, 0.2) is 0 Å². The number of nitrogens with zero attached hydrogens (tertiary/aromatic N) is 2. The van der Waals surface area contributed by atoms with Crippen LogP contribution in [0.25, 0.3) is 0 Å². The third-order valence-electron chi connectivity index (χ3n) is 2.47. The average molecular weight is 275 g/mol. The number of pyridine rings is 1. The van der Waals surface area contributed by atoms with Gasteiger partial charge in [0.25, 0.3) is 5.56 Å². The molecule has 2 heterocycles. The average Bonchev–Trinajstić information content (AvgIpc) is 2.38. The van der Waals surface area contributed by atoms with Crippen LogP contribution in [-0.2, 0) is 0 Å². The van der Waals surface area contributed by atoms with Crippen LogP contribution in [0.15, 0.2) is 29.3 Å². The van der Waals surface area contributed by atoms with Crippen LogP contribution in [-0.4, -0.2) is 26.0 Å². The summed E-state index contributed by atoms with van der Waals surface area (Å²) in [5.74, 6) is -0.270. The molecular formula is C13H13N3O4. The molecule has 7 nitrogen and oxygen atoms in total. The fraction of sp³-hybridized carbons (Fsp3) is 0.231. The lowest BCUT2D eigenvalue weighted by Gasteiger charge is -2.08. The van der Waals surface area contributed by atoms with E-state index in [4.69, 9.17) is 9.84 Å². The molecule has 2 N–H and O–H groups in total. The lowest BCUT2D eigenvalue weighted by atomic mass is 10.2. The zero-order valence-corrected chi connectivity index (χ0v) is 11.0. The number of aromatic carboxylic acids is 1. The molecule has 2 rings (SSSR count). The molecule has 0 spiro atoms. The van der Waals surface area contributed by atoms with Crippen molar-refractivity contribution < 1.29 is 14.6 Å². The largest absolute Gasteiger partial charge is 0.478 e. The first-order valence-electron chi connectivity index (χ1n) is 5.93. The Labute approximate surface area is 114 Å². The van der Waals surface area contributed by atoms with Crippen LogP contribution in [0, 0.1) is 0 Å². The summed E-state index contributed by atoms with van der Waals surface area (Å²) in [5.41, 5.74) is -0.336. The second-order valence-electron chi connectivity index (χ2n) is 4.44. The summed E-state index contributed by atoms with van der Waals surface area (Å²) in [4.78, 5) is 32.9. The number of aromatic amines is 1. The molecule has 0 saturated heterocycles. The number of carbonyl (C=O) groups is 1. The minimum atomic E-state index is -1.11. The zero-order valence-electron chi connectivity index (χ0n) is 11.0. The molecule has 2 aromatic rings. The molecule has 0 atom stereocenters. The van der Waals surface area contributed by atoms with E-state index in [2.05, 4.69) is 15.0 Å². The summed E-state index contributed by atoms with van der Waals surface area (Å²) in [7, 11) is 0. The Kier molecular flexibility index (Phi) is 3.79. The second kappa shape index (κ2) is 5.52. The highest BCUT2D eigenvalue weighted by atomic mass is 16.5. The van der Waals surface area contributed by atoms with E-state index in [1.165, 1.54) is 24.5 Å². The van der Waals surface area contributed by atoms with E-state index in [0.717, 1.165) is 0 Å². The normalized spacial score (nSPS) is 10.6. The van der Waals surface area contributed by atoms with Gasteiger partial charge < -0.3 is 14.8 Å². The van der Waals surface area contributed by atoms with Crippen molar-refractivity contribution in [2.45, 2.75) is 19.8 Å². The highest BCUT2D eigenvalue weighted by Gasteiger charge is 2.09. The summed E-state index contributed by atoms with van der Waals surface area (Å²) >= 11 is 0. The molecule has 0 aromatic carbocycles. The maximum atomic E-state index is 11.5. The minimum Gasteiger partial charge on any atom is -0.478 e. The van der Waals surface area contributed by atoms with Crippen LogP contribution in [0.5, 0.6) is 11.6 Å². The fourth-order valence-electron chi connectivity index (χ4n) is 1.49. The van der Waals surface area contributed by atoms with Crippen molar-refractivity contribution in [3.05, 3.63) is 46.3 Å². The van der Waals surface area contributed by atoms with Gasteiger partial charge in [-0.3, -0.25) is 9.78 Å². The van der Waals surface area contributed by atoms with Crippen LogP contribution in [0.2, 0.25) is 0 Å². The molecule has 0 saturated carbocycles. The molecule has 0 aliphatic heterocycles. The monoisotopic (exact) mass is 275 g/mol. The van der Waals surface area contributed by atoms with Crippen LogP contribution >= 0.6 is 0 Å². The Morgan fingerprint density at radius 1 is 1.35 bits per heavy atom. The van der Waals surface area contributed by atoms with E-state index in [1.54, 1.807) is 0 Å². The first kappa shape index (κ1) is 13.7. The van der Waals surface area contributed by atoms with Crippen LogP contribution < -0.4 is 10.3 Å². The summed E-state index contributed by atoms with van der Waals surface area (Å²) in [6.07, 6.45) is 2.56. The van der Waals surface area contributed by atoms with Crippen molar-refractivity contribution >= 4 is 5.97 Å². The number of H-pyrrole nitrogens is 1. The SMILES string of the molecule is CC(C)c1nc(Oc2cncc(C(=O)O)c2)cc(=O)[nH]1. The number of ether oxygens (including phenoxy) is 1. The van der Waals surface area contributed by atoms with Gasteiger partial charge in [-0.05, 0) is 6.07 Å². The van der Waals surface area contributed by atoms with Crippen molar-refractivity contribution in [1.29, 1.82) is 0 Å². The van der Waals surface area contributed by atoms with Crippen LogP contribution in [0.4, 0.5) is 0 Å². The molecule has 0 amide bonds. The molecule has 20 heavy (non-hydrogen) atoms. The van der Waals surface area contributed by atoms with Crippen molar-refractivity contribution in [3.63, 3.8) is 0 Å². The Balaban J connectivity index is 2.32. The lowest BCUT2D eigenvalue weighted by molar-refractivity contribution is 0.0696. The van der Waals surface area contributed by atoms with E-state index < -0.39 is 5.97 Å². The highest BCUT2D eigenvalue weighted by Crippen LogP contribution is 2.19. The van der Waals surface area contributed by atoms with Gasteiger partial charge in [0.05, 0.1) is 17.8 Å². The van der Waals surface area contributed by atoms with Crippen molar-refractivity contribution in [2.75, 3.05) is 0 Å². The molecule has 2 aromatic heterocycles. The van der Waals surface area contributed by atoms with Gasteiger partial charge in [0.2, 0.25) is 5.88 Å². The maximum absolute atomic E-state index is 11.5. The number of aromatic nitrogens is 3. The van der Waals surface area contributed by atoms with E-state index in [-0.39, 0.29) is 28.7 Å². The third-order valence-corrected chi connectivity index (χ3v) is 2.47. The number of carboxylic acid groups (broad SMARTS) is 1. The zero-order chi connectivity index (χ0) is 14.7. The maximum Gasteiger partial charge on any atom is 0.337 e. The van der Waals surface area contributed by atoms with Gasteiger partial charge in [-0.25, -0.2) is 4.79 Å². The summed E-state index contributed by atoms with van der Waals surface area (Å²) in [6, 6.07) is 2.51. The second-order valence-corrected chi connectivity index (χ2v) is 4.44. The van der Waals surface area contributed by atoms with Crippen molar-refractivity contribution in [2.24, 2.45) is 0 Å². The van der Waals surface area contributed by atoms with E-state index in [0.29, 0.717) is 5.82 Å². The molecule has 7 heteroatoms. The lowest BCUT2D eigenvalue weighted by Crippen LogP contribution is -2.12. The van der Waals surface area contributed by atoms with Gasteiger partial charge in [-0.15, -0.1) is 0 Å². The summed E-state index contributed by atoms with van der Waals surface area (Å²) in [5, 5.41) is 8.87. The smallest absolute Gasteiger partial charge is 0.337 e. The molecule has 0 bridgehead atoms. The van der Waals surface area contributed by atoms with E-state index in [1.807, 2.05) is 13.8 Å². The van der Waals surface area contributed by atoms with Crippen LogP contribution in [0.3, 0.4) is 0 Å². The molecular weight excluding hydrogens is 262 g/mol. The van der Waals surface area contributed by atoms with E-state index in [9.17, 15) is 9.59 Å². The van der Waals surface area contributed by atoms with Crippen LogP contribution in [0.1, 0.15) is 35.9 Å². The first-order chi connectivity index (χ1) is 9.45. The standard InChI is InChI=1S/C13H13N3O4/c1-7(2)12-15-10(17)4-11(16-12)20-9-3-8(13(18)19)5-14-6-9/h3-7H,1-2H3,(H,18,19)(H,15,16,17). The number of rotatable bonds is 4. The van der Waals surface area contributed by atoms with E-state index >= 15 is 0 Å². The van der Waals surface area contributed by atoms with Gasteiger partial charge in [0.1, 0.15) is 11.6 Å². The predicted octanol–water partition coefficient (Wildman–Crippen LogP) is 1.78. The number of carboxylic acids is 1. The van der Waals surface area contributed by atoms with Gasteiger partial charge in [0, 0.05) is 12.1 Å². The van der Waals surface area contributed by atoms with Gasteiger partial charge in [-0.1, -0.05) is 13.8 Å². The Morgan fingerprint density at radius 3 is 2.75 bits per heavy atom. The predicted molar refractivity (Wildman–Crippen MR) is 70.2 cm³/mol. The minimum absolute atomic E-state index is 0.00331. The topological polar surface area (TPSA) is 105 Å². The Bertz CT molecular complexity index is 694. The van der Waals surface area contributed by atoms with Crippen molar-refractivity contribution in [3.8, 4) is 11.6 Å².